The van der Waals surface area contributed by atoms with Gasteiger partial charge in [-0.3, -0.25) is 4.98 Å². The Hall–Kier alpha value is -3.01. The van der Waals surface area contributed by atoms with Gasteiger partial charge < -0.3 is 20.5 Å². The van der Waals surface area contributed by atoms with Crippen LogP contribution < -0.4 is 20.5 Å². The molecule has 3 rings (SSSR count). The first-order valence-corrected chi connectivity index (χ1v) is 8.91. The van der Waals surface area contributed by atoms with Crippen LogP contribution in [-0.2, 0) is 0 Å². The SMILES string of the molecule is COc1ccc(Nc2nc(N)c(-c3nccc(OCC(F)(F)F)c3C)s2)cc1. The average molecular weight is 410 g/mol. The number of nitrogen functional groups attached to an aromatic ring is 1. The van der Waals surface area contributed by atoms with E-state index in [0.29, 0.717) is 21.3 Å². The largest absolute Gasteiger partial charge is 0.497 e. The number of methoxy groups -OCH3 is 1. The molecule has 0 aliphatic carbocycles. The first-order valence-electron chi connectivity index (χ1n) is 8.09. The lowest BCUT2D eigenvalue weighted by Crippen LogP contribution is -2.19. The van der Waals surface area contributed by atoms with E-state index in [1.54, 1.807) is 26.2 Å². The van der Waals surface area contributed by atoms with Crippen LogP contribution in [0.5, 0.6) is 11.5 Å². The Balaban J connectivity index is 1.84. The highest BCUT2D eigenvalue weighted by Crippen LogP contribution is 2.39. The average Bonchev–Trinajstić information content (AvgIpc) is 3.01. The van der Waals surface area contributed by atoms with Gasteiger partial charge in [0.2, 0.25) is 0 Å². The summed E-state index contributed by atoms with van der Waals surface area (Å²) in [6.45, 7) is 0.253. The molecule has 0 saturated carbocycles. The van der Waals surface area contributed by atoms with Gasteiger partial charge in [-0.15, -0.1) is 0 Å². The molecule has 1 aromatic carbocycles. The van der Waals surface area contributed by atoms with E-state index in [4.69, 9.17) is 15.2 Å². The van der Waals surface area contributed by atoms with Crippen LogP contribution in [0, 0.1) is 6.92 Å². The summed E-state index contributed by atoms with van der Waals surface area (Å²) in [7, 11) is 1.58. The number of halogens is 3. The minimum absolute atomic E-state index is 0.0970. The van der Waals surface area contributed by atoms with Gasteiger partial charge >= 0.3 is 6.18 Å². The normalized spacial score (nSPS) is 11.3. The van der Waals surface area contributed by atoms with E-state index >= 15 is 0 Å². The molecule has 0 amide bonds. The van der Waals surface area contributed by atoms with Crippen LogP contribution in [0.4, 0.5) is 29.8 Å². The van der Waals surface area contributed by atoms with Crippen molar-refractivity contribution in [3.8, 4) is 22.1 Å². The Morgan fingerprint density at radius 2 is 1.89 bits per heavy atom. The van der Waals surface area contributed by atoms with Crippen molar-refractivity contribution in [1.82, 2.24) is 9.97 Å². The molecule has 0 aliphatic heterocycles. The number of hydrogen-bond donors (Lipinski definition) is 2. The number of nitrogens with zero attached hydrogens (tertiary/aromatic N) is 2. The van der Waals surface area contributed by atoms with Crippen LogP contribution in [0.1, 0.15) is 5.56 Å². The van der Waals surface area contributed by atoms with E-state index in [-0.39, 0.29) is 11.6 Å². The number of ether oxygens (including phenoxy) is 2. The Kier molecular flexibility index (Phi) is 5.59. The quantitative estimate of drug-likeness (QED) is 0.608. The molecule has 2 heterocycles. The van der Waals surface area contributed by atoms with Gasteiger partial charge in [0.15, 0.2) is 11.7 Å². The summed E-state index contributed by atoms with van der Waals surface area (Å²) in [4.78, 5) is 9.06. The Bertz CT molecular complexity index is 958. The van der Waals surface area contributed by atoms with Crippen LogP contribution in [0.25, 0.3) is 10.6 Å². The standard InChI is InChI=1S/C18H17F3N4O2S/c1-10-13(27-9-18(19,20)21)7-8-23-14(10)15-16(22)25-17(28-15)24-11-3-5-12(26-2)6-4-11/h3-8H,9,22H2,1-2H3,(H,24,25). The molecule has 3 aromatic rings. The number of alkyl halides is 3. The highest BCUT2D eigenvalue weighted by atomic mass is 32.1. The summed E-state index contributed by atoms with van der Waals surface area (Å²) in [5.41, 5.74) is 7.68. The zero-order valence-electron chi connectivity index (χ0n) is 15.0. The molecular formula is C18H17F3N4O2S. The van der Waals surface area contributed by atoms with Gasteiger partial charge in [-0.25, -0.2) is 4.98 Å². The van der Waals surface area contributed by atoms with Gasteiger partial charge in [0.05, 0.1) is 17.7 Å². The molecule has 6 nitrogen and oxygen atoms in total. The molecule has 28 heavy (non-hydrogen) atoms. The molecule has 0 aliphatic rings. The molecule has 10 heteroatoms. The van der Waals surface area contributed by atoms with Crippen molar-refractivity contribution in [2.75, 3.05) is 24.8 Å². The zero-order valence-corrected chi connectivity index (χ0v) is 15.8. The highest BCUT2D eigenvalue weighted by Gasteiger charge is 2.29. The van der Waals surface area contributed by atoms with Gasteiger partial charge in [0.25, 0.3) is 0 Å². The fourth-order valence-electron chi connectivity index (χ4n) is 2.42. The first-order chi connectivity index (χ1) is 13.3. The molecule has 0 fully saturated rings. The van der Waals surface area contributed by atoms with Crippen LogP contribution in [-0.4, -0.2) is 29.9 Å². The maximum Gasteiger partial charge on any atom is 0.422 e. The third-order valence-corrected chi connectivity index (χ3v) is 4.75. The maximum atomic E-state index is 12.4. The summed E-state index contributed by atoms with van der Waals surface area (Å²) in [5, 5.41) is 3.66. The van der Waals surface area contributed by atoms with Crippen LogP contribution in [0.2, 0.25) is 0 Å². The Labute approximate surface area is 163 Å². The number of nitrogens with one attached hydrogen (secondary N) is 1. The van der Waals surface area contributed by atoms with Crippen molar-refractivity contribution in [3.05, 3.63) is 42.1 Å². The predicted molar refractivity (Wildman–Crippen MR) is 102 cm³/mol. The third-order valence-electron chi connectivity index (χ3n) is 3.76. The topological polar surface area (TPSA) is 82.3 Å². The number of pyridine rings is 1. The molecule has 3 N–H and O–H groups in total. The first kappa shape index (κ1) is 19.7. The van der Waals surface area contributed by atoms with E-state index in [2.05, 4.69) is 15.3 Å². The second-order valence-electron chi connectivity index (χ2n) is 5.77. The number of hydrogen-bond acceptors (Lipinski definition) is 7. The summed E-state index contributed by atoms with van der Waals surface area (Å²) >= 11 is 1.25. The van der Waals surface area contributed by atoms with Crippen LogP contribution in [0.15, 0.2) is 36.5 Å². The highest BCUT2D eigenvalue weighted by molar-refractivity contribution is 7.19. The van der Waals surface area contributed by atoms with Gasteiger partial charge in [-0.2, -0.15) is 13.2 Å². The van der Waals surface area contributed by atoms with Gasteiger partial charge in [0, 0.05) is 17.4 Å². The summed E-state index contributed by atoms with van der Waals surface area (Å²) in [6, 6.07) is 8.63. The van der Waals surface area contributed by atoms with E-state index in [1.165, 1.54) is 23.6 Å². The van der Waals surface area contributed by atoms with Gasteiger partial charge in [0.1, 0.15) is 17.3 Å². The fraction of sp³-hybridized carbons (Fsp3) is 0.222. The minimum atomic E-state index is -4.42. The maximum absolute atomic E-state index is 12.4. The molecule has 0 spiro atoms. The number of thiazole rings is 1. The Morgan fingerprint density at radius 3 is 2.54 bits per heavy atom. The van der Waals surface area contributed by atoms with Crippen molar-refractivity contribution in [2.24, 2.45) is 0 Å². The molecule has 0 atom stereocenters. The number of nitrogens with two attached hydrogens (primary N) is 1. The van der Waals surface area contributed by atoms with Gasteiger partial charge in [-0.05, 0) is 37.3 Å². The predicted octanol–water partition coefficient (Wildman–Crippen LogP) is 4.79. The van der Waals surface area contributed by atoms with E-state index in [0.717, 1.165) is 11.4 Å². The van der Waals surface area contributed by atoms with E-state index in [1.807, 2.05) is 12.1 Å². The van der Waals surface area contributed by atoms with Crippen molar-refractivity contribution in [2.45, 2.75) is 13.1 Å². The second kappa shape index (κ2) is 7.93. The fourth-order valence-corrected chi connectivity index (χ4v) is 3.37. The monoisotopic (exact) mass is 410 g/mol. The third kappa shape index (κ3) is 4.63. The number of rotatable bonds is 6. The van der Waals surface area contributed by atoms with E-state index < -0.39 is 12.8 Å². The number of anilines is 3. The molecule has 0 bridgehead atoms. The lowest BCUT2D eigenvalue weighted by Gasteiger charge is -2.12. The van der Waals surface area contributed by atoms with E-state index in [9.17, 15) is 13.2 Å². The summed E-state index contributed by atoms with van der Waals surface area (Å²) < 4.78 is 47.3. The molecule has 2 aromatic heterocycles. The smallest absolute Gasteiger partial charge is 0.422 e. The van der Waals surface area contributed by atoms with Gasteiger partial charge in [-0.1, -0.05) is 11.3 Å². The molecule has 0 saturated heterocycles. The van der Waals surface area contributed by atoms with Crippen LogP contribution in [0.3, 0.4) is 0 Å². The molecular weight excluding hydrogens is 393 g/mol. The van der Waals surface area contributed by atoms with Crippen molar-refractivity contribution in [3.63, 3.8) is 0 Å². The minimum Gasteiger partial charge on any atom is -0.497 e. The Morgan fingerprint density at radius 1 is 1.18 bits per heavy atom. The van der Waals surface area contributed by atoms with Crippen molar-refractivity contribution in [1.29, 1.82) is 0 Å². The van der Waals surface area contributed by atoms with Crippen molar-refractivity contribution < 1.29 is 22.6 Å². The number of benzene rings is 1. The molecule has 0 radical (unpaired) electrons. The van der Waals surface area contributed by atoms with Crippen molar-refractivity contribution >= 4 is 28.0 Å². The van der Waals surface area contributed by atoms with Crippen LogP contribution >= 0.6 is 11.3 Å². The number of aromatic nitrogens is 2. The lowest BCUT2D eigenvalue weighted by atomic mass is 10.2. The summed E-state index contributed by atoms with van der Waals surface area (Å²) in [6.07, 6.45) is -3.04. The molecule has 0 unspecified atom stereocenters. The lowest BCUT2D eigenvalue weighted by molar-refractivity contribution is -0.153. The summed E-state index contributed by atoms with van der Waals surface area (Å²) in [5.74, 6) is 1.05. The molecule has 148 valence electrons. The zero-order chi connectivity index (χ0) is 20.3. The second-order valence-corrected chi connectivity index (χ2v) is 6.77.